The highest BCUT2D eigenvalue weighted by Gasteiger charge is 2.13. The van der Waals surface area contributed by atoms with E-state index in [1.54, 1.807) is 12.1 Å². The molecule has 0 amide bonds. The highest BCUT2D eigenvalue weighted by molar-refractivity contribution is 8.04. The lowest BCUT2D eigenvalue weighted by atomic mass is 10.2. The van der Waals surface area contributed by atoms with Gasteiger partial charge in [-0.25, -0.2) is 9.78 Å². The minimum absolute atomic E-state index is 0.0848. The predicted molar refractivity (Wildman–Crippen MR) is 80.0 cm³/mol. The molecule has 1 aromatic carbocycles. The molecule has 0 saturated carbocycles. The van der Waals surface area contributed by atoms with E-state index in [0.29, 0.717) is 10.7 Å². The number of nitrogens with one attached hydrogen (secondary N) is 1. The van der Waals surface area contributed by atoms with Crippen LogP contribution < -0.4 is 0 Å². The fourth-order valence-electron chi connectivity index (χ4n) is 1.67. The first-order chi connectivity index (χ1) is 10.1. The number of carboxylic acid groups (broad SMARTS) is 1. The average molecular weight is 305 g/mol. The summed E-state index contributed by atoms with van der Waals surface area (Å²) in [5.41, 5.74) is 0.601. The molecule has 0 aliphatic heterocycles. The van der Waals surface area contributed by atoms with Crippen molar-refractivity contribution in [3.8, 4) is 5.75 Å². The van der Waals surface area contributed by atoms with Crippen molar-refractivity contribution in [2.45, 2.75) is 24.9 Å². The number of rotatable bonds is 6. The van der Waals surface area contributed by atoms with Crippen LogP contribution in [0.1, 0.15) is 24.7 Å². The Bertz CT molecular complexity index is 667. The number of hydrogen-bond donors (Lipinski definition) is 3. The standard InChI is InChI=1S/C14H15N3O3S/c1-2-4-12-15-14(17-16-12)21-11(13(19)20)8-9-5-3-6-10(18)7-9/h3,5-8,18H,2,4H2,1H3,(H,19,20)(H,15,16,17)/b11-8-. The van der Waals surface area contributed by atoms with Gasteiger partial charge in [-0.05, 0) is 42.0 Å². The van der Waals surface area contributed by atoms with Crippen LogP contribution in [0.2, 0.25) is 0 Å². The zero-order chi connectivity index (χ0) is 15.2. The normalized spacial score (nSPS) is 11.6. The second kappa shape index (κ2) is 6.94. The fraction of sp³-hybridized carbons (Fsp3) is 0.214. The molecule has 2 rings (SSSR count). The highest BCUT2D eigenvalue weighted by atomic mass is 32.2. The third-order valence-corrected chi connectivity index (χ3v) is 3.46. The van der Waals surface area contributed by atoms with E-state index < -0.39 is 5.97 Å². The van der Waals surface area contributed by atoms with Crippen LogP contribution in [0.5, 0.6) is 5.75 Å². The van der Waals surface area contributed by atoms with Crippen LogP contribution in [0.3, 0.4) is 0 Å². The van der Waals surface area contributed by atoms with Crippen molar-refractivity contribution < 1.29 is 15.0 Å². The molecule has 0 saturated heterocycles. The smallest absolute Gasteiger partial charge is 0.342 e. The molecule has 0 atom stereocenters. The second-order valence-electron chi connectivity index (χ2n) is 4.33. The Morgan fingerprint density at radius 1 is 1.48 bits per heavy atom. The maximum Gasteiger partial charge on any atom is 0.342 e. The number of phenolic OH excluding ortho intramolecular Hbond substituents is 1. The van der Waals surface area contributed by atoms with E-state index in [-0.39, 0.29) is 10.7 Å². The monoisotopic (exact) mass is 305 g/mol. The lowest BCUT2D eigenvalue weighted by molar-refractivity contribution is -0.131. The number of aromatic amines is 1. The van der Waals surface area contributed by atoms with Gasteiger partial charge in [-0.15, -0.1) is 5.10 Å². The van der Waals surface area contributed by atoms with Gasteiger partial charge in [-0.1, -0.05) is 19.1 Å². The number of aromatic hydroxyl groups is 1. The van der Waals surface area contributed by atoms with Gasteiger partial charge in [-0.2, -0.15) is 0 Å². The maximum atomic E-state index is 11.3. The van der Waals surface area contributed by atoms with E-state index in [2.05, 4.69) is 15.2 Å². The lowest BCUT2D eigenvalue weighted by Gasteiger charge is -2.00. The number of H-pyrrole nitrogens is 1. The Labute approximate surface area is 125 Å². The number of thioether (sulfide) groups is 1. The molecule has 110 valence electrons. The first-order valence-corrected chi connectivity index (χ1v) is 7.23. The molecule has 0 unspecified atom stereocenters. The topological polar surface area (TPSA) is 99.1 Å². The molecule has 1 aromatic heterocycles. The summed E-state index contributed by atoms with van der Waals surface area (Å²) in [5.74, 6) is -0.242. The number of phenols is 1. The molecule has 0 bridgehead atoms. The van der Waals surface area contributed by atoms with Gasteiger partial charge in [-0.3, -0.25) is 5.10 Å². The Kier molecular flexibility index (Phi) is 4.99. The Hall–Kier alpha value is -2.28. The van der Waals surface area contributed by atoms with Gasteiger partial charge in [0.15, 0.2) is 0 Å². The van der Waals surface area contributed by atoms with E-state index in [9.17, 15) is 15.0 Å². The van der Waals surface area contributed by atoms with Crippen LogP contribution in [0.4, 0.5) is 0 Å². The van der Waals surface area contributed by atoms with E-state index in [4.69, 9.17) is 0 Å². The van der Waals surface area contributed by atoms with Crippen LogP contribution in [0.25, 0.3) is 6.08 Å². The molecular weight excluding hydrogens is 290 g/mol. The Morgan fingerprint density at radius 2 is 2.29 bits per heavy atom. The van der Waals surface area contributed by atoms with Crippen LogP contribution >= 0.6 is 11.8 Å². The van der Waals surface area contributed by atoms with E-state index in [0.717, 1.165) is 30.4 Å². The highest BCUT2D eigenvalue weighted by Crippen LogP contribution is 2.26. The molecule has 0 aliphatic carbocycles. The van der Waals surface area contributed by atoms with E-state index >= 15 is 0 Å². The molecule has 0 radical (unpaired) electrons. The molecule has 6 nitrogen and oxygen atoms in total. The van der Waals surface area contributed by atoms with Gasteiger partial charge in [0.1, 0.15) is 16.5 Å². The van der Waals surface area contributed by atoms with Crippen molar-refractivity contribution in [2.24, 2.45) is 0 Å². The summed E-state index contributed by atoms with van der Waals surface area (Å²) in [7, 11) is 0. The molecular formula is C14H15N3O3S. The summed E-state index contributed by atoms with van der Waals surface area (Å²) in [4.78, 5) is 15.6. The van der Waals surface area contributed by atoms with E-state index in [1.165, 1.54) is 18.2 Å². The number of benzene rings is 1. The number of hydrogen-bond acceptors (Lipinski definition) is 5. The molecule has 1 heterocycles. The molecule has 0 fully saturated rings. The Morgan fingerprint density at radius 3 is 2.95 bits per heavy atom. The minimum atomic E-state index is -1.06. The zero-order valence-corrected chi connectivity index (χ0v) is 12.2. The molecule has 2 aromatic rings. The van der Waals surface area contributed by atoms with Crippen molar-refractivity contribution in [3.05, 3.63) is 40.6 Å². The van der Waals surface area contributed by atoms with Crippen molar-refractivity contribution in [2.75, 3.05) is 0 Å². The summed E-state index contributed by atoms with van der Waals surface area (Å²) in [5, 5.41) is 25.8. The predicted octanol–water partition coefficient (Wildman–Crippen LogP) is 2.68. The van der Waals surface area contributed by atoms with Gasteiger partial charge in [0, 0.05) is 6.42 Å². The Balaban J connectivity index is 2.20. The minimum Gasteiger partial charge on any atom is -0.508 e. The van der Waals surface area contributed by atoms with Crippen LogP contribution in [-0.2, 0) is 11.2 Å². The zero-order valence-electron chi connectivity index (χ0n) is 11.4. The third-order valence-electron chi connectivity index (χ3n) is 2.58. The average Bonchev–Trinajstić information content (AvgIpc) is 2.86. The van der Waals surface area contributed by atoms with Gasteiger partial charge in [0.25, 0.3) is 0 Å². The molecule has 3 N–H and O–H groups in total. The van der Waals surface area contributed by atoms with Crippen LogP contribution in [0.15, 0.2) is 34.3 Å². The maximum absolute atomic E-state index is 11.3. The van der Waals surface area contributed by atoms with Gasteiger partial charge >= 0.3 is 5.97 Å². The largest absolute Gasteiger partial charge is 0.508 e. The van der Waals surface area contributed by atoms with E-state index in [1.807, 2.05) is 6.92 Å². The molecule has 7 heteroatoms. The third kappa shape index (κ3) is 4.35. The van der Waals surface area contributed by atoms with Gasteiger partial charge in [0.05, 0.1) is 0 Å². The van der Waals surface area contributed by atoms with Gasteiger partial charge < -0.3 is 10.2 Å². The first kappa shape index (κ1) is 15.1. The van der Waals surface area contributed by atoms with Crippen molar-refractivity contribution in [3.63, 3.8) is 0 Å². The number of carbonyl (C=O) groups is 1. The quantitative estimate of drug-likeness (QED) is 0.560. The van der Waals surface area contributed by atoms with Crippen molar-refractivity contribution in [1.82, 2.24) is 15.2 Å². The number of carboxylic acids is 1. The van der Waals surface area contributed by atoms with Crippen LogP contribution in [0, 0.1) is 0 Å². The van der Waals surface area contributed by atoms with Crippen molar-refractivity contribution >= 4 is 23.8 Å². The molecule has 21 heavy (non-hydrogen) atoms. The summed E-state index contributed by atoms with van der Waals surface area (Å²) in [6.07, 6.45) is 3.18. The number of aryl methyl sites for hydroxylation is 1. The van der Waals surface area contributed by atoms with Crippen molar-refractivity contribution in [1.29, 1.82) is 0 Å². The summed E-state index contributed by atoms with van der Waals surface area (Å²) in [6.45, 7) is 2.03. The lowest BCUT2D eigenvalue weighted by Crippen LogP contribution is -1.97. The fourth-order valence-corrected chi connectivity index (χ4v) is 2.40. The first-order valence-electron chi connectivity index (χ1n) is 6.41. The number of aliphatic carboxylic acids is 1. The number of nitrogens with zero attached hydrogens (tertiary/aromatic N) is 2. The number of aromatic nitrogens is 3. The summed E-state index contributed by atoms with van der Waals surface area (Å²) < 4.78 is 0. The SMILES string of the molecule is CCCc1nc(S/C(=C\c2cccc(O)c2)C(=O)O)n[nH]1. The summed E-state index contributed by atoms with van der Waals surface area (Å²) in [6, 6.07) is 6.38. The molecule has 0 aliphatic rings. The van der Waals surface area contributed by atoms with Gasteiger partial charge in [0.2, 0.25) is 5.16 Å². The summed E-state index contributed by atoms with van der Waals surface area (Å²) >= 11 is 0.971. The second-order valence-corrected chi connectivity index (χ2v) is 5.33. The molecule has 0 spiro atoms. The van der Waals surface area contributed by atoms with Crippen LogP contribution in [-0.4, -0.2) is 31.4 Å².